The van der Waals surface area contributed by atoms with Crippen molar-refractivity contribution >= 4 is 16.8 Å². The summed E-state index contributed by atoms with van der Waals surface area (Å²) in [5.41, 5.74) is 5.79. The van der Waals surface area contributed by atoms with Crippen LogP contribution in [0.4, 0.5) is 0 Å². The van der Waals surface area contributed by atoms with E-state index in [0.29, 0.717) is 0 Å². The lowest BCUT2D eigenvalue weighted by atomic mass is 9.99. The average molecular weight is 377 g/mol. The molecule has 0 unspecified atom stereocenters. The molecule has 1 saturated heterocycles. The van der Waals surface area contributed by atoms with E-state index in [1.54, 1.807) is 0 Å². The summed E-state index contributed by atoms with van der Waals surface area (Å²) in [6, 6.07) is 6.09. The molecule has 28 heavy (non-hydrogen) atoms. The van der Waals surface area contributed by atoms with Gasteiger partial charge in [0.25, 0.3) is 5.91 Å². The fraction of sp³-hybridized carbons (Fsp3) is 0.435. The number of fused-ring (bicyclic) bond motifs is 1. The highest BCUT2D eigenvalue weighted by molar-refractivity contribution is 6.08. The summed E-state index contributed by atoms with van der Waals surface area (Å²) in [6.45, 7) is 8.95. The minimum atomic E-state index is 0.118. The van der Waals surface area contributed by atoms with Gasteiger partial charge in [-0.05, 0) is 50.3 Å². The van der Waals surface area contributed by atoms with Crippen molar-refractivity contribution in [1.82, 2.24) is 19.7 Å². The standard InChI is InChI=1S/C23H28N4O/c1-4-5-12-27-15-18(14-24-27)21-13-20(23(28)26-10-6-7-11-26)19-9-8-16(2)17(3)22(19)25-21/h8-9,13-15H,4-7,10-12H2,1-3H3. The molecule has 1 amide bonds. The topological polar surface area (TPSA) is 51.0 Å². The second-order valence-corrected chi connectivity index (χ2v) is 7.80. The quantitative estimate of drug-likeness (QED) is 0.645. The summed E-state index contributed by atoms with van der Waals surface area (Å²) in [7, 11) is 0. The van der Waals surface area contributed by atoms with Crippen molar-refractivity contribution < 1.29 is 4.79 Å². The summed E-state index contributed by atoms with van der Waals surface area (Å²) in [4.78, 5) is 20.2. The van der Waals surface area contributed by atoms with Crippen molar-refractivity contribution in [2.24, 2.45) is 0 Å². The van der Waals surface area contributed by atoms with Crippen LogP contribution in [0, 0.1) is 13.8 Å². The molecule has 2 aromatic heterocycles. The molecule has 0 aliphatic carbocycles. The molecule has 3 aromatic rings. The van der Waals surface area contributed by atoms with Gasteiger partial charge in [0.05, 0.1) is 23.0 Å². The lowest BCUT2D eigenvalue weighted by Crippen LogP contribution is -2.28. The van der Waals surface area contributed by atoms with E-state index in [1.807, 2.05) is 34.1 Å². The number of hydrogen-bond donors (Lipinski definition) is 0. The fourth-order valence-corrected chi connectivity index (χ4v) is 3.88. The van der Waals surface area contributed by atoms with Crippen molar-refractivity contribution in [2.45, 2.75) is 53.0 Å². The number of benzene rings is 1. The van der Waals surface area contributed by atoms with E-state index in [9.17, 15) is 4.79 Å². The molecule has 4 rings (SSSR count). The molecule has 5 nitrogen and oxygen atoms in total. The van der Waals surface area contributed by atoms with Gasteiger partial charge in [-0.3, -0.25) is 9.48 Å². The Kier molecular flexibility index (Phi) is 5.16. The van der Waals surface area contributed by atoms with E-state index in [1.165, 1.54) is 5.56 Å². The van der Waals surface area contributed by atoms with Crippen LogP contribution in [0.1, 0.15) is 54.1 Å². The zero-order valence-corrected chi connectivity index (χ0v) is 17.0. The lowest BCUT2D eigenvalue weighted by Gasteiger charge is -2.18. The van der Waals surface area contributed by atoms with Gasteiger partial charge < -0.3 is 4.90 Å². The second kappa shape index (κ2) is 7.74. The lowest BCUT2D eigenvalue weighted by molar-refractivity contribution is 0.0794. The van der Waals surface area contributed by atoms with Crippen LogP contribution in [0.25, 0.3) is 22.2 Å². The highest BCUT2D eigenvalue weighted by atomic mass is 16.2. The molecule has 5 heteroatoms. The van der Waals surface area contributed by atoms with Gasteiger partial charge in [0, 0.05) is 36.8 Å². The number of unbranched alkanes of at least 4 members (excludes halogenated alkanes) is 1. The van der Waals surface area contributed by atoms with Crippen LogP contribution in [0.5, 0.6) is 0 Å². The Morgan fingerprint density at radius 3 is 2.71 bits per heavy atom. The molecule has 0 atom stereocenters. The number of hydrogen-bond acceptors (Lipinski definition) is 3. The SMILES string of the molecule is CCCCn1cc(-c2cc(C(=O)N3CCCC3)c3ccc(C)c(C)c3n2)cn1. The molecule has 0 N–H and O–H groups in total. The van der Waals surface area contributed by atoms with Crippen molar-refractivity contribution in [3.63, 3.8) is 0 Å². The van der Waals surface area contributed by atoms with E-state index >= 15 is 0 Å². The first-order valence-corrected chi connectivity index (χ1v) is 10.3. The molecule has 1 aliphatic rings. The summed E-state index contributed by atoms with van der Waals surface area (Å²) in [5.74, 6) is 0.118. The molecule has 1 fully saturated rings. The van der Waals surface area contributed by atoms with E-state index < -0.39 is 0 Å². The van der Waals surface area contributed by atoms with Gasteiger partial charge >= 0.3 is 0 Å². The number of rotatable bonds is 5. The van der Waals surface area contributed by atoms with Crippen LogP contribution >= 0.6 is 0 Å². The maximum atomic E-state index is 13.3. The minimum absolute atomic E-state index is 0.118. The van der Waals surface area contributed by atoms with Gasteiger partial charge in [-0.15, -0.1) is 0 Å². The van der Waals surface area contributed by atoms with E-state index in [2.05, 4.69) is 31.9 Å². The second-order valence-electron chi connectivity index (χ2n) is 7.80. The molecule has 1 aromatic carbocycles. The number of carbonyl (C=O) groups excluding carboxylic acids is 1. The molecule has 1 aliphatic heterocycles. The van der Waals surface area contributed by atoms with Gasteiger partial charge in [0.15, 0.2) is 0 Å². The van der Waals surface area contributed by atoms with Gasteiger partial charge in [0.1, 0.15) is 0 Å². The highest BCUT2D eigenvalue weighted by Crippen LogP contribution is 2.29. The van der Waals surface area contributed by atoms with Crippen molar-refractivity contribution in [2.75, 3.05) is 13.1 Å². The molecule has 0 radical (unpaired) electrons. The van der Waals surface area contributed by atoms with E-state index in [-0.39, 0.29) is 5.91 Å². The van der Waals surface area contributed by atoms with Gasteiger partial charge in [-0.25, -0.2) is 4.98 Å². The fourth-order valence-electron chi connectivity index (χ4n) is 3.88. The first-order chi connectivity index (χ1) is 13.6. The average Bonchev–Trinajstić information content (AvgIpc) is 3.40. The van der Waals surface area contributed by atoms with Crippen LogP contribution in [0.3, 0.4) is 0 Å². The predicted molar refractivity (Wildman–Crippen MR) is 112 cm³/mol. The number of carbonyl (C=O) groups is 1. The van der Waals surface area contributed by atoms with Crippen LogP contribution in [0.2, 0.25) is 0 Å². The van der Waals surface area contributed by atoms with Gasteiger partial charge in [-0.2, -0.15) is 5.10 Å². The number of likely N-dealkylation sites (tertiary alicyclic amines) is 1. The first-order valence-electron chi connectivity index (χ1n) is 10.3. The Hall–Kier alpha value is -2.69. The van der Waals surface area contributed by atoms with Crippen LogP contribution in [0.15, 0.2) is 30.6 Å². The Labute approximate surface area is 166 Å². The zero-order chi connectivity index (χ0) is 19.7. The summed E-state index contributed by atoms with van der Waals surface area (Å²) >= 11 is 0. The molecule has 3 heterocycles. The zero-order valence-electron chi connectivity index (χ0n) is 17.0. The maximum Gasteiger partial charge on any atom is 0.254 e. The Morgan fingerprint density at radius 2 is 1.96 bits per heavy atom. The largest absolute Gasteiger partial charge is 0.339 e. The van der Waals surface area contributed by atoms with Crippen LogP contribution in [-0.2, 0) is 6.54 Å². The molecular formula is C23H28N4O. The third kappa shape index (κ3) is 3.41. The molecule has 0 bridgehead atoms. The monoisotopic (exact) mass is 376 g/mol. The number of aromatic nitrogens is 3. The first kappa shape index (κ1) is 18.7. The third-order valence-electron chi connectivity index (χ3n) is 5.80. The summed E-state index contributed by atoms with van der Waals surface area (Å²) in [6.07, 6.45) is 8.31. The summed E-state index contributed by atoms with van der Waals surface area (Å²) < 4.78 is 1.97. The van der Waals surface area contributed by atoms with Gasteiger partial charge in [0.2, 0.25) is 0 Å². The predicted octanol–water partition coefficient (Wildman–Crippen LogP) is 4.75. The van der Waals surface area contributed by atoms with E-state index in [0.717, 1.165) is 78.6 Å². The molecule has 146 valence electrons. The Bertz CT molecular complexity index is 1010. The minimum Gasteiger partial charge on any atom is -0.339 e. The highest BCUT2D eigenvalue weighted by Gasteiger charge is 2.23. The normalized spacial score (nSPS) is 14.2. The van der Waals surface area contributed by atoms with Crippen LogP contribution < -0.4 is 0 Å². The number of pyridine rings is 1. The van der Waals surface area contributed by atoms with Gasteiger partial charge in [-0.1, -0.05) is 25.5 Å². The number of nitrogens with zero attached hydrogens (tertiary/aromatic N) is 4. The third-order valence-corrected chi connectivity index (χ3v) is 5.80. The Balaban J connectivity index is 1.84. The Morgan fingerprint density at radius 1 is 1.18 bits per heavy atom. The smallest absolute Gasteiger partial charge is 0.254 e. The van der Waals surface area contributed by atoms with Crippen molar-refractivity contribution in [3.8, 4) is 11.3 Å². The number of aryl methyl sites for hydroxylation is 3. The van der Waals surface area contributed by atoms with Crippen molar-refractivity contribution in [1.29, 1.82) is 0 Å². The molecule has 0 spiro atoms. The van der Waals surface area contributed by atoms with E-state index in [4.69, 9.17) is 4.98 Å². The van der Waals surface area contributed by atoms with Crippen molar-refractivity contribution in [3.05, 3.63) is 47.3 Å². The molecule has 0 saturated carbocycles. The number of amides is 1. The van der Waals surface area contributed by atoms with Crippen LogP contribution in [-0.4, -0.2) is 38.7 Å². The summed E-state index contributed by atoms with van der Waals surface area (Å²) in [5, 5.41) is 5.43. The molecular weight excluding hydrogens is 348 g/mol. The maximum absolute atomic E-state index is 13.3.